The summed E-state index contributed by atoms with van der Waals surface area (Å²) in [5, 5.41) is 16.6. The average molecular weight is 369 g/mol. The van der Waals surface area contributed by atoms with Crippen LogP contribution in [0.15, 0.2) is 9.63 Å². The summed E-state index contributed by atoms with van der Waals surface area (Å²) >= 11 is 3.10. The lowest BCUT2D eigenvalue weighted by Gasteiger charge is -2.41. The molecule has 0 bridgehead atoms. The molecule has 2 heterocycles. The minimum absolute atomic E-state index is 0.00751. The number of aliphatic hydroxyl groups is 1. The number of aliphatic hydroxyl groups excluding tert-OH is 1. The summed E-state index contributed by atoms with van der Waals surface area (Å²) < 4.78 is 33.7. The maximum atomic E-state index is 12.7. The van der Waals surface area contributed by atoms with Crippen molar-refractivity contribution in [1.29, 1.82) is 0 Å². The summed E-state index contributed by atoms with van der Waals surface area (Å²) in [6.45, 7) is 3.63. The van der Waals surface area contributed by atoms with Crippen LogP contribution in [0.5, 0.6) is 0 Å². The third-order valence-corrected chi connectivity index (χ3v) is 5.68. The number of aryl methyl sites for hydroxylation is 1. The highest BCUT2D eigenvalue weighted by Crippen LogP contribution is 2.28. The van der Waals surface area contributed by atoms with Crippen molar-refractivity contribution in [2.45, 2.75) is 30.6 Å². The lowest BCUT2D eigenvalue weighted by atomic mass is 10.1. The van der Waals surface area contributed by atoms with Gasteiger partial charge in [-0.15, -0.1) is 5.10 Å². The van der Waals surface area contributed by atoms with Crippen molar-refractivity contribution < 1.29 is 18.3 Å². The largest absolute Gasteiger partial charge is 0.394 e. The zero-order valence-corrected chi connectivity index (χ0v) is 13.8. The predicted octanol–water partition coefficient (Wildman–Crippen LogP) is -0.262. The maximum absolute atomic E-state index is 12.7. The number of halogens is 1. The van der Waals surface area contributed by atoms with Gasteiger partial charge in [-0.05, 0) is 29.8 Å². The molecule has 1 unspecified atom stereocenters. The lowest BCUT2D eigenvalue weighted by Crippen LogP contribution is -2.55. The van der Waals surface area contributed by atoms with E-state index in [1.165, 1.54) is 16.0 Å². The van der Waals surface area contributed by atoms with E-state index in [1.807, 2.05) is 0 Å². The second kappa shape index (κ2) is 5.34. The summed E-state index contributed by atoms with van der Waals surface area (Å²) in [5.74, 6) is 0. The fraction of sp³-hybridized carbons (Fsp3) is 0.800. The molecule has 0 spiro atoms. The average Bonchev–Trinajstić information content (AvgIpc) is 2.67. The molecule has 0 amide bonds. The molecule has 8 nitrogen and oxygen atoms in total. The molecule has 0 radical (unpaired) electrons. The first-order valence-electron chi connectivity index (χ1n) is 6.01. The van der Waals surface area contributed by atoms with Crippen molar-refractivity contribution in [3.05, 3.63) is 4.60 Å². The second-order valence-corrected chi connectivity index (χ2v) is 7.89. The van der Waals surface area contributed by atoms with E-state index in [4.69, 9.17) is 4.74 Å². The first kappa shape index (κ1) is 15.8. The third kappa shape index (κ3) is 2.89. The number of hydrogen-bond donors (Lipinski definition) is 1. The Morgan fingerprint density at radius 1 is 1.55 bits per heavy atom. The zero-order chi connectivity index (χ0) is 15.1. The Balaban J connectivity index is 2.39. The van der Waals surface area contributed by atoms with Gasteiger partial charge in [0.1, 0.15) is 0 Å². The second-order valence-electron chi connectivity index (χ2n) is 5.29. The van der Waals surface area contributed by atoms with Crippen LogP contribution in [0.25, 0.3) is 0 Å². The number of rotatable bonds is 3. The molecule has 0 aliphatic carbocycles. The Bertz CT molecular complexity index is 581. The van der Waals surface area contributed by atoms with Crippen molar-refractivity contribution >= 4 is 26.0 Å². The highest BCUT2D eigenvalue weighted by atomic mass is 79.9. The monoisotopic (exact) mass is 368 g/mol. The Hall–Kier alpha value is -0.550. The Kier molecular flexibility index (Phi) is 4.22. The molecule has 1 fully saturated rings. The number of morpholine rings is 1. The fourth-order valence-corrected chi connectivity index (χ4v) is 4.89. The molecule has 1 atom stereocenters. The number of ether oxygens (including phenoxy) is 1. The van der Waals surface area contributed by atoms with Crippen molar-refractivity contribution in [3.8, 4) is 0 Å². The first-order valence-corrected chi connectivity index (χ1v) is 8.25. The molecule has 1 N–H and O–H groups in total. The molecule has 0 saturated carbocycles. The smallest absolute Gasteiger partial charge is 0.263 e. The summed E-state index contributed by atoms with van der Waals surface area (Å²) in [7, 11) is -2.25. The van der Waals surface area contributed by atoms with E-state index in [0.29, 0.717) is 0 Å². The van der Waals surface area contributed by atoms with Gasteiger partial charge in [0.15, 0.2) is 4.60 Å². The predicted molar refractivity (Wildman–Crippen MR) is 73.5 cm³/mol. The van der Waals surface area contributed by atoms with Crippen molar-refractivity contribution in [2.24, 2.45) is 7.05 Å². The molecular formula is C10H17BrN4O4S. The number of nitrogens with zero attached hydrogens (tertiary/aromatic N) is 4. The van der Waals surface area contributed by atoms with E-state index >= 15 is 0 Å². The van der Waals surface area contributed by atoms with Crippen LogP contribution in [0, 0.1) is 0 Å². The molecule has 2 rings (SSSR count). The SMILES string of the molecule is Cn1nnc(Br)c1S(=O)(=O)N1CC(CO)OC(C)(C)C1. The lowest BCUT2D eigenvalue weighted by molar-refractivity contribution is -0.131. The van der Waals surface area contributed by atoms with Gasteiger partial charge in [0.05, 0.1) is 18.3 Å². The topological polar surface area (TPSA) is 97.5 Å². The van der Waals surface area contributed by atoms with Crippen LogP contribution in [-0.4, -0.2) is 64.2 Å². The van der Waals surface area contributed by atoms with Gasteiger partial charge in [-0.3, -0.25) is 0 Å². The Morgan fingerprint density at radius 3 is 2.70 bits per heavy atom. The van der Waals surface area contributed by atoms with Gasteiger partial charge >= 0.3 is 0 Å². The fourth-order valence-electron chi connectivity index (χ4n) is 2.24. The first-order chi connectivity index (χ1) is 9.17. The highest BCUT2D eigenvalue weighted by Gasteiger charge is 2.41. The minimum atomic E-state index is -3.76. The van der Waals surface area contributed by atoms with Crippen molar-refractivity contribution in [3.63, 3.8) is 0 Å². The molecule has 0 aromatic carbocycles. The van der Waals surface area contributed by atoms with Crippen LogP contribution in [-0.2, 0) is 21.8 Å². The molecular weight excluding hydrogens is 352 g/mol. The molecule has 1 saturated heterocycles. The van der Waals surface area contributed by atoms with Gasteiger partial charge in [-0.2, -0.15) is 4.31 Å². The Labute approximate surface area is 125 Å². The van der Waals surface area contributed by atoms with E-state index in [-0.39, 0.29) is 29.3 Å². The van der Waals surface area contributed by atoms with Gasteiger partial charge in [0.2, 0.25) is 5.03 Å². The minimum Gasteiger partial charge on any atom is -0.394 e. The Morgan fingerprint density at radius 2 is 2.20 bits per heavy atom. The van der Waals surface area contributed by atoms with Crippen LogP contribution < -0.4 is 0 Å². The molecule has 10 heteroatoms. The molecule has 1 aliphatic heterocycles. The number of hydrogen-bond acceptors (Lipinski definition) is 6. The van der Waals surface area contributed by atoms with E-state index in [1.54, 1.807) is 13.8 Å². The van der Waals surface area contributed by atoms with Crippen LogP contribution >= 0.6 is 15.9 Å². The van der Waals surface area contributed by atoms with Gasteiger partial charge in [-0.1, -0.05) is 5.21 Å². The van der Waals surface area contributed by atoms with Crippen LogP contribution in [0.3, 0.4) is 0 Å². The van der Waals surface area contributed by atoms with E-state index in [9.17, 15) is 13.5 Å². The normalized spacial score (nSPS) is 23.9. The summed E-state index contributed by atoms with van der Waals surface area (Å²) in [4.78, 5) is 0. The van der Waals surface area contributed by atoms with Gasteiger partial charge in [0, 0.05) is 20.1 Å². The quantitative estimate of drug-likeness (QED) is 0.789. The third-order valence-electron chi connectivity index (χ3n) is 2.98. The maximum Gasteiger partial charge on any atom is 0.263 e. The summed E-state index contributed by atoms with van der Waals surface area (Å²) in [5.41, 5.74) is -0.669. The molecule has 1 aliphatic rings. The van der Waals surface area contributed by atoms with E-state index in [0.717, 1.165) is 0 Å². The summed E-state index contributed by atoms with van der Waals surface area (Å²) in [6, 6.07) is 0. The van der Waals surface area contributed by atoms with Gasteiger partial charge < -0.3 is 9.84 Å². The van der Waals surface area contributed by atoms with Crippen LogP contribution in [0.1, 0.15) is 13.8 Å². The molecule has 1 aromatic rings. The van der Waals surface area contributed by atoms with Crippen LogP contribution in [0.4, 0.5) is 0 Å². The van der Waals surface area contributed by atoms with E-state index < -0.39 is 21.7 Å². The van der Waals surface area contributed by atoms with Gasteiger partial charge in [-0.25, -0.2) is 13.1 Å². The summed E-state index contributed by atoms with van der Waals surface area (Å²) in [6.07, 6.45) is -0.548. The van der Waals surface area contributed by atoms with Gasteiger partial charge in [0.25, 0.3) is 10.0 Å². The number of sulfonamides is 1. The zero-order valence-electron chi connectivity index (χ0n) is 11.4. The highest BCUT2D eigenvalue weighted by molar-refractivity contribution is 9.10. The van der Waals surface area contributed by atoms with Crippen LogP contribution in [0.2, 0.25) is 0 Å². The van der Waals surface area contributed by atoms with E-state index in [2.05, 4.69) is 26.2 Å². The molecule has 20 heavy (non-hydrogen) atoms. The van der Waals surface area contributed by atoms with Crippen molar-refractivity contribution in [1.82, 2.24) is 19.3 Å². The van der Waals surface area contributed by atoms with Crippen molar-refractivity contribution in [2.75, 3.05) is 19.7 Å². The molecule has 1 aromatic heterocycles. The number of aromatic nitrogens is 3. The standard InChI is InChI=1S/C10H17BrN4O4S/c1-10(2)6-15(4-7(5-16)19-10)20(17,18)9-8(11)12-13-14(9)3/h7,16H,4-6H2,1-3H3. The molecule has 114 valence electrons.